The van der Waals surface area contributed by atoms with Crippen LogP contribution in [0.25, 0.3) is 0 Å². The van der Waals surface area contributed by atoms with Gasteiger partial charge >= 0.3 is 0 Å². The highest BCUT2D eigenvalue weighted by Gasteiger charge is 2.38. The molecule has 0 aromatic heterocycles. The van der Waals surface area contributed by atoms with E-state index in [4.69, 9.17) is 9.47 Å². The average Bonchev–Trinajstić information content (AvgIpc) is 3.05. The second-order valence-electron chi connectivity index (χ2n) is 7.93. The first kappa shape index (κ1) is 16.7. The molecule has 0 aromatic rings. The first-order valence-corrected chi connectivity index (χ1v) is 9.23. The van der Waals surface area contributed by atoms with Gasteiger partial charge in [-0.1, -0.05) is 6.42 Å². The van der Waals surface area contributed by atoms with Crippen LogP contribution in [0.2, 0.25) is 0 Å². The van der Waals surface area contributed by atoms with Crippen LogP contribution in [-0.4, -0.2) is 61.2 Å². The highest BCUT2D eigenvalue weighted by atomic mass is 16.5. The number of ether oxygens (including phenoxy) is 2. The minimum absolute atomic E-state index is 0.259. The highest BCUT2D eigenvalue weighted by Crippen LogP contribution is 2.49. The Morgan fingerprint density at radius 1 is 1.18 bits per heavy atom. The molecule has 1 heterocycles. The van der Waals surface area contributed by atoms with E-state index in [0.29, 0.717) is 13.2 Å². The van der Waals surface area contributed by atoms with Crippen molar-refractivity contribution in [2.24, 2.45) is 17.8 Å². The number of fused-ring (bicyclic) bond motifs is 2. The van der Waals surface area contributed by atoms with E-state index in [1.54, 1.807) is 0 Å². The predicted molar refractivity (Wildman–Crippen MR) is 86.8 cm³/mol. The number of hydrogen-bond acceptors (Lipinski definition) is 4. The van der Waals surface area contributed by atoms with Crippen LogP contribution in [-0.2, 0) is 9.47 Å². The van der Waals surface area contributed by atoms with Crippen molar-refractivity contribution in [3.8, 4) is 0 Å². The third-order valence-electron chi connectivity index (χ3n) is 5.79. The van der Waals surface area contributed by atoms with E-state index < -0.39 is 0 Å². The summed E-state index contributed by atoms with van der Waals surface area (Å²) in [5.41, 5.74) is 0. The molecule has 1 aliphatic heterocycles. The fourth-order valence-corrected chi connectivity index (χ4v) is 4.97. The molecule has 0 aromatic carbocycles. The zero-order valence-electron chi connectivity index (χ0n) is 14.2. The monoisotopic (exact) mass is 311 g/mol. The van der Waals surface area contributed by atoms with Crippen molar-refractivity contribution in [2.45, 2.75) is 64.3 Å². The summed E-state index contributed by atoms with van der Waals surface area (Å²) in [7, 11) is 0. The fraction of sp³-hybridized carbons (Fsp3) is 1.00. The lowest BCUT2D eigenvalue weighted by Gasteiger charge is -2.36. The van der Waals surface area contributed by atoms with Crippen molar-refractivity contribution in [3.63, 3.8) is 0 Å². The molecule has 3 rings (SSSR count). The summed E-state index contributed by atoms with van der Waals surface area (Å²) in [6.07, 6.45) is 7.16. The number of β-amino-alcohol motifs (C(OH)–C–C–N with tert-alkyl or cyclic N) is 1. The van der Waals surface area contributed by atoms with Crippen molar-refractivity contribution < 1.29 is 14.6 Å². The second kappa shape index (κ2) is 7.61. The molecule has 0 radical (unpaired) electrons. The molecule has 2 aliphatic carbocycles. The number of aliphatic hydroxyl groups is 1. The second-order valence-corrected chi connectivity index (χ2v) is 7.93. The van der Waals surface area contributed by atoms with Crippen LogP contribution in [0.1, 0.15) is 46.0 Å². The lowest BCUT2D eigenvalue weighted by molar-refractivity contribution is -0.0823. The Hall–Kier alpha value is -0.160. The maximum Gasteiger partial charge on any atom is 0.0900 e. The van der Waals surface area contributed by atoms with Gasteiger partial charge in [-0.15, -0.1) is 0 Å². The zero-order chi connectivity index (χ0) is 15.5. The molecule has 1 N–H and O–H groups in total. The number of hydrogen-bond donors (Lipinski definition) is 1. The SMILES string of the molecule is CC1CN(CC(O)COCCC2CC3CCC2C3)CC(C)O1. The third kappa shape index (κ3) is 4.44. The van der Waals surface area contributed by atoms with E-state index in [9.17, 15) is 5.11 Å². The van der Waals surface area contributed by atoms with Crippen LogP contribution in [0.3, 0.4) is 0 Å². The Morgan fingerprint density at radius 2 is 1.95 bits per heavy atom. The van der Waals surface area contributed by atoms with Gasteiger partial charge in [0.2, 0.25) is 0 Å². The van der Waals surface area contributed by atoms with Crippen LogP contribution in [0.15, 0.2) is 0 Å². The lowest BCUT2D eigenvalue weighted by Crippen LogP contribution is -2.48. The normalized spacial score (nSPS) is 40.2. The summed E-state index contributed by atoms with van der Waals surface area (Å²) in [4.78, 5) is 2.29. The molecular formula is C18H33NO3. The van der Waals surface area contributed by atoms with E-state index in [2.05, 4.69) is 18.7 Å². The molecule has 2 saturated carbocycles. The Bertz CT molecular complexity index is 341. The van der Waals surface area contributed by atoms with Gasteiger partial charge in [0.1, 0.15) is 0 Å². The molecule has 2 bridgehead atoms. The Kier molecular flexibility index (Phi) is 5.77. The van der Waals surface area contributed by atoms with Crippen molar-refractivity contribution in [1.82, 2.24) is 4.90 Å². The molecule has 6 atom stereocenters. The molecule has 4 nitrogen and oxygen atoms in total. The number of aliphatic hydroxyl groups excluding tert-OH is 1. The summed E-state index contributed by atoms with van der Waals surface area (Å²) in [5, 5.41) is 10.2. The first-order valence-electron chi connectivity index (χ1n) is 9.23. The molecular weight excluding hydrogens is 278 g/mol. The van der Waals surface area contributed by atoms with Gasteiger partial charge in [0, 0.05) is 26.2 Å². The minimum atomic E-state index is -0.377. The van der Waals surface area contributed by atoms with Gasteiger partial charge in [-0.25, -0.2) is 0 Å². The van der Waals surface area contributed by atoms with E-state index in [1.165, 1.54) is 32.1 Å². The highest BCUT2D eigenvalue weighted by molar-refractivity contribution is 4.89. The van der Waals surface area contributed by atoms with Crippen molar-refractivity contribution >= 4 is 0 Å². The van der Waals surface area contributed by atoms with Crippen LogP contribution in [0.4, 0.5) is 0 Å². The van der Waals surface area contributed by atoms with E-state index in [0.717, 1.165) is 37.5 Å². The molecule has 128 valence electrons. The topological polar surface area (TPSA) is 41.9 Å². The lowest BCUT2D eigenvalue weighted by atomic mass is 9.87. The van der Waals surface area contributed by atoms with Gasteiger partial charge in [0.15, 0.2) is 0 Å². The minimum Gasteiger partial charge on any atom is -0.389 e. The number of rotatable bonds is 7. The third-order valence-corrected chi connectivity index (χ3v) is 5.79. The molecule has 3 fully saturated rings. The van der Waals surface area contributed by atoms with E-state index in [1.807, 2.05) is 0 Å². The van der Waals surface area contributed by atoms with Crippen molar-refractivity contribution in [1.29, 1.82) is 0 Å². The zero-order valence-corrected chi connectivity index (χ0v) is 14.2. The largest absolute Gasteiger partial charge is 0.389 e. The van der Waals surface area contributed by atoms with Crippen molar-refractivity contribution in [2.75, 3.05) is 32.8 Å². The quantitative estimate of drug-likeness (QED) is 0.733. The van der Waals surface area contributed by atoms with E-state index >= 15 is 0 Å². The smallest absolute Gasteiger partial charge is 0.0900 e. The maximum absolute atomic E-state index is 10.2. The van der Waals surface area contributed by atoms with Crippen LogP contribution in [0.5, 0.6) is 0 Å². The number of nitrogens with zero attached hydrogens (tertiary/aromatic N) is 1. The molecule has 1 saturated heterocycles. The van der Waals surface area contributed by atoms with Crippen LogP contribution >= 0.6 is 0 Å². The summed E-state index contributed by atoms with van der Waals surface area (Å²) in [6, 6.07) is 0. The summed E-state index contributed by atoms with van der Waals surface area (Å²) < 4.78 is 11.5. The summed E-state index contributed by atoms with van der Waals surface area (Å²) in [5.74, 6) is 2.90. The Balaban J connectivity index is 1.27. The fourth-order valence-electron chi connectivity index (χ4n) is 4.97. The molecule has 0 amide bonds. The van der Waals surface area contributed by atoms with Gasteiger partial charge in [0.05, 0.1) is 24.9 Å². The first-order chi connectivity index (χ1) is 10.6. The van der Waals surface area contributed by atoms with Gasteiger partial charge in [-0.3, -0.25) is 4.90 Å². The molecule has 6 unspecified atom stereocenters. The van der Waals surface area contributed by atoms with Gasteiger partial charge in [-0.05, 0) is 57.3 Å². The van der Waals surface area contributed by atoms with Gasteiger partial charge in [-0.2, -0.15) is 0 Å². The maximum atomic E-state index is 10.2. The number of morpholine rings is 1. The molecule has 0 spiro atoms. The Labute approximate surface area is 135 Å². The molecule has 22 heavy (non-hydrogen) atoms. The predicted octanol–water partition coefficient (Wildman–Crippen LogP) is 2.30. The van der Waals surface area contributed by atoms with E-state index in [-0.39, 0.29) is 18.3 Å². The molecule has 3 aliphatic rings. The summed E-state index contributed by atoms with van der Waals surface area (Å²) in [6.45, 7) is 8.01. The van der Waals surface area contributed by atoms with Crippen LogP contribution in [0, 0.1) is 17.8 Å². The average molecular weight is 311 g/mol. The summed E-state index contributed by atoms with van der Waals surface area (Å²) >= 11 is 0. The van der Waals surface area contributed by atoms with Crippen LogP contribution < -0.4 is 0 Å². The van der Waals surface area contributed by atoms with Gasteiger partial charge < -0.3 is 14.6 Å². The van der Waals surface area contributed by atoms with Crippen molar-refractivity contribution in [3.05, 3.63) is 0 Å². The standard InChI is InChI=1S/C18H33NO3/c1-13-9-19(10-14(2)22-13)11-18(20)12-21-6-5-17-8-15-3-4-16(17)7-15/h13-18,20H,3-12H2,1-2H3. The molecule has 4 heteroatoms. The van der Waals surface area contributed by atoms with Gasteiger partial charge in [0.25, 0.3) is 0 Å². The Morgan fingerprint density at radius 3 is 2.59 bits per heavy atom.